The van der Waals surface area contributed by atoms with Gasteiger partial charge in [-0.3, -0.25) is 4.79 Å². The molecule has 0 radical (unpaired) electrons. The molecule has 3 heterocycles. The van der Waals surface area contributed by atoms with Gasteiger partial charge in [-0.15, -0.1) is 0 Å². The average Bonchev–Trinajstić information content (AvgIpc) is 3.56. The van der Waals surface area contributed by atoms with Gasteiger partial charge in [0.05, 0.1) is 5.60 Å². The van der Waals surface area contributed by atoms with Crippen LogP contribution in [0.2, 0.25) is 5.02 Å². The van der Waals surface area contributed by atoms with E-state index in [1.165, 1.54) is 11.1 Å². The van der Waals surface area contributed by atoms with Crippen LogP contribution in [0, 0.1) is 5.92 Å². The van der Waals surface area contributed by atoms with E-state index in [4.69, 9.17) is 16.3 Å². The number of carbonyl (C=O) groups excluding carboxylic acids is 1. The second-order valence-corrected chi connectivity index (χ2v) is 16.8. The van der Waals surface area contributed by atoms with Crippen molar-refractivity contribution in [3.05, 3.63) is 142 Å². The molecule has 9 heteroatoms. The molecule has 55 heavy (non-hydrogen) atoms. The quantitative estimate of drug-likeness (QED) is 0.191. The Balaban J connectivity index is 0.000000172. The van der Waals surface area contributed by atoms with Crippen molar-refractivity contribution in [3.63, 3.8) is 0 Å². The second kappa shape index (κ2) is 14.7. The maximum atomic E-state index is 13.8. The minimum absolute atomic E-state index is 0.0829. The number of phenolic OH excluding ortho intramolecular Hbond substituents is 1. The molecule has 5 aliphatic rings. The topological polar surface area (TPSA) is 96.7 Å². The fourth-order valence-electron chi connectivity index (χ4n) is 10.4. The monoisotopic (exact) mass is 761 g/mol. The molecule has 1 spiro atoms. The molecule has 1 amide bonds. The smallest absolute Gasteiger partial charge is 0.237 e. The van der Waals surface area contributed by atoms with E-state index < -0.39 is 17.1 Å². The van der Waals surface area contributed by atoms with Gasteiger partial charge in [0.15, 0.2) is 11.5 Å². The van der Waals surface area contributed by atoms with Crippen molar-refractivity contribution in [1.29, 1.82) is 0 Å². The van der Waals surface area contributed by atoms with Crippen molar-refractivity contribution in [2.45, 2.75) is 66.8 Å². The number of ether oxygens (including phenoxy) is 1. The summed E-state index contributed by atoms with van der Waals surface area (Å²) >= 11 is 6.03. The summed E-state index contributed by atoms with van der Waals surface area (Å²) in [6, 6.07) is 32.0. The van der Waals surface area contributed by atoms with Crippen LogP contribution in [0.5, 0.6) is 11.5 Å². The van der Waals surface area contributed by atoms with Crippen LogP contribution in [0.4, 0.5) is 0 Å². The maximum Gasteiger partial charge on any atom is 0.237 e. The van der Waals surface area contributed by atoms with E-state index >= 15 is 0 Å². The second-order valence-electron chi connectivity index (χ2n) is 16.4. The number of aromatic hydroxyl groups is 1. The van der Waals surface area contributed by atoms with Crippen LogP contribution in [0.25, 0.3) is 0 Å². The first-order valence-electron chi connectivity index (χ1n) is 19.6. The van der Waals surface area contributed by atoms with Crippen molar-refractivity contribution in [3.8, 4) is 11.5 Å². The largest absolute Gasteiger partial charge is 0.504 e. The minimum atomic E-state index is -0.837. The maximum absolute atomic E-state index is 13.8. The Hall–Kier alpha value is -4.18. The van der Waals surface area contributed by atoms with Crippen molar-refractivity contribution in [2.75, 3.05) is 47.3 Å². The number of carbonyl (C=O) groups is 1. The van der Waals surface area contributed by atoms with Gasteiger partial charge in [0.1, 0.15) is 17.6 Å². The first kappa shape index (κ1) is 37.7. The van der Waals surface area contributed by atoms with Crippen molar-refractivity contribution in [1.82, 2.24) is 14.7 Å². The number of amides is 1. The molecule has 0 unspecified atom stereocenters. The molecule has 5 atom stereocenters. The van der Waals surface area contributed by atoms with Gasteiger partial charge in [-0.25, -0.2) is 0 Å². The zero-order chi connectivity index (χ0) is 38.5. The van der Waals surface area contributed by atoms with Gasteiger partial charge in [-0.05, 0) is 92.7 Å². The highest BCUT2D eigenvalue weighted by Crippen LogP contribution is 2.62. The standard InChI is InChI=1S/C29H33ClN2O2.C17H19NO3/c1-31(2)27(33)29(24-9-5-3-6-10-24,25-11-7-4-8-12-25)19-22-32-20-17-28(34,18-21-32)23-13-15-26(30)16-14-23;1-18-7-6-17-10-3-5-13(20)16(17)21-15-12(19)4-2-9(14(15)17)8-11(10)18/h3-16,34H,17-22H2,1-2H3;2-5,10-11,13,16,19-20H,6-8H2,1H3/t;10-,11+,13-,16-,17-/m.0/s1. The van der Waals surface area contributed by atoms with Crippen LogP contribution in [-0.2, 0) is 27.6 Å². The van der Waals surface area contributed by atoms with Crippen LogP contribution in [0.1, 0.15) is 53.5 Å². The lowest BCUT2D eigenvalue weighted by Crippen LogP contribution is -2.64. The van der Waals surface area contributed by atoms with Gasteiger partial charge >= 0.3 is 0 Å². The lowest BCUT2D eigenvalue weighted by molar-refractivity contribution is -0.133. The number of aliphatic hydroxyl groups is 2. The number of hydrogen-bond acceptors (Lipinski definition) is 7. The Bertz CT molecular complexity index is 1990. The van der Waals surface area contributed by atoms with Crippen LogP contribution < -0.4 is 4.74 Å². The summed E-state index contributed by atoms with van der Waals surface area (Å²) in [5, 5.41) is 32.6. The molecule has 4 aromatic carbocycles. The number of rotatable bonds is 7. The van der Waals surface area contributed by atoms with Crippen molar-refractivity contribution >= 4 is 17.5 Å². The SMILES string of the molecule is CN(C)C(=O)C(CCN1CCC(O)(c2ccc(Cl)cc2)CC1)(c1ccccc1)c1ccccc1.CN1CC[C@]23c4c5ccc(O)c4O[C@H]2[C@@H](O)C=C[C@H]3[C@H]1C5. The number of benzene rings is 4. The number of phenols is 1. The number of halogens is 1. The Morgan fingerprint density at radius 2 is 1.53 bits per heavy atom. The molecule has 288 valence electrons. The molecule has 9 rings (SSSR count). The number of likely N-dealkylation sites (N-methyl/N-ethyl adjacent to an activating group) is 2. The van der Waals surface area contributed by atoms with E-state index in [9.17, 15) is 20.1 Å². The highest BCUT2D eigenvalue weighted by atomic mass is 35.5. The molecule has 0 saturated carbocycles. The third-order valence-electron chi connectivity index (χ3n) is 13.3. The highest BCUT2D eigenvalue weighted by Gasteiger charge is 2.64. The Kier molecular flexibility index (Phi) is 10.1. The van der Waals surface area contributed by atoms with Crippen molar-refractivity contribution in [2.24, 2.45) is 5.92 Å². The van der Waals surface area contributed by atoms with Crippen molar-refractivity contribution < 1.29 is 24.9 Å². The summed E-state index contributed by atoms with van der Waals surface area (Å²) in [6.07, 6.45) is 7.15. The third-order valence-corrected chi connectivity index (χ3v) is 13.6. The minimum Gasteiger partial charge on any atom is -0.504 e. The van der Waals surface area contributed by atoms with Gasteiger partial charge in [-0.1, -0.05) is 103 Å². The predicted molar refractivity (Wildman–Crippen MR) is 216 cm³/mol. The van der Waals surface area contributed by atoms with E-state index in [0.29, 0.717) is 42.0 Å². The Morgan fingerprint density at radius 3 is 2.15 bits per heavy atom. The molecule has 2 bridgehead atoms. The van der Waals surface area contributed by atoms with E-state index in [0.717, 1.165) is 55.7 Å². The number of nitrogens with zero attached hydrogens (tertiary/aromatic N) is 3. The molecular weight excluding hydrogens is 710 g/mol. The van der Waals surface area contributed by atoms with Gasteiger partial charge in [-0.2, -0.15) is 0 Å². The molecule has 8 nitrogen and oxygen atoms in total. The zero-order valence-electron chi connectivity index (χ0n) is 31.9. The van der Waals surface area contributed by atoms with Crippen LogP contribution in [0.15, 0.2) is 109 Å². The highest BCUT2D eigenvalue weighted by molar-refractivity contribution is 6.30. The summed E-state index contributed by atoms with van der Waals surface area (Å²) in [5.74, 6) is 1.27. The van der Waals surface area contributed by atoms with Gasteiger partial charge < -0.3 is 34.8 Å². The van der Waals surface area contributed by atoms with Crippen LogP contribution in [-0.4, -0.2) is 101 Å². The third kappa shape index (κ3) is 6.36. The fraction of sp³-hybridized carbons (Fsp3) is 0.413. The normalized spacial score (nSPS) is 26.3. The average molecular weight is 762 g/mol. The molecule has 4 aromatic rings. The summed E-state index contributed by atoms with van der Waals surface area (Å²) in [5.41, 5.74) is 3.62. The molecule has 3 aliphatic heterocycles. The summed E-state index contributed by atoms with van der Waals surface area (Å²) in [4.78, 5) is 20.3. The Morgan fingerprint density at radius 1 is 0.891 bits per heavy atom. The first-order valence-corrected chi connectivity index (χ1v) is 20.0. The van der Waals surface area contributed by atoms with Crippen LogP contribution >= 0.6 is 11.6 Å². The van der Waals surface area contributed by atoms with E-state index in [-0.39, 0.29) is 23.2 Å². The number of likely N-dealkylation sites (tertiary alicyclic amines) is 2. The molecule has 2 aliphatic carbocycles. The fourth-order valence-corrected chi connectivity index (χ4v) is 10.5. The van der Waals surface area contributed by atoms with E-state index in [1.54, 1.807) is 11.0 Å². The van der Waals surface area contributed by atoms with Crippen LogP contribution in [0.3, 0.4) is 0 Å². The lowest BCUT2D eigenvalue weighted by atomic mass is 9.53. The molecule has 0 aromatic heterocycles. The summed E-state index contributed by atoms with van der Waals surface area (Å²) < 4.78 is 6.09. The number of hydrogen-bond donors (Lipinski definition) is 3. The van der Waals surface area contributed by atoms with Gasteiger partial charge in [0.2, 0.25) is 5.91 Å². The number of aliphatic hydroxyl groups excluding tert-OH is 1. The molecule has 2 saturated heterocycles. The van der Waals surface area contributed by atoms with E-state index in [1.807, 2.05) is 86.9 Å². The lowest BCUT2D eigenvalue weighted by Gasteiger charge is -2.56. The van der Waals surface area contributed by atoms with Gasteiger partial charge in [0.25, 0.3) is 0 Å². The summed E-state index contributed by atoms with van der Waals surface area (Å²) in [7, 11) is 5.85. The summed E-state index contributed by atoms with van der Waals surface area (Å²) in [6.45, 7) is 3.32. The molecular formula is C46H52ClN3O5. The van der Waals surface area contributed by atoms with Gasteiger partial charge in [0, 0.05) is 55.1 Å². The van der Waals surface area contributed by atoms with E-state index in [2.05, 4.69) is 47.2 Å². The number of piperidine rings is 2. The molecule has 2 fully saturated rings. The molecule has 3 N–H and O–H groups in total. The zero-order valence-corrected chi connectivity index (χ0v) is 32.7. The Labute approximate surface area is 329 Å². The predicted octanol–water partition coefficient (Wildman–Crippen LogP) is 6.29. The first-order chi connectivity index (χ1) is 26.5.